The molecule has 0 aliphatic carbocycles. The highest BCUT2D eigenvalue weighted by Gasteiger charge is 2.19. The summed E-state index contributed by atoms with van der Waals surface area (Å²) in [5, 5.41) is 13.5. The first-order chi connectivity index (χ1) is 15.6. The van der Waals surface area contributed by atoms with Crippen LogP contribution in [0.1, 0.15) is 11.1 Å². The zero-order valence-corrected chi connectivity index (χ0v) is 20.7. The second-order valence-corrected chi connectivity index (χ2v) is 12.1. The van der Waals surface area contributed by atoms with Crippen LogP contribution in [0.3, 0.4) is 0 Å². The summed E-state index contributed by atoms with van der Waals surface area (Å²) in [6.45, 7) is 0. The Morgan fingerprint density at radius 3 is 1.81 bits per heavy atom. The van der Waals surface area contributed by atoms with Gasteiger partial charge in [-0.1, -0.05) is 12.1 Å². The number of aliphatic carboxylic acids is 1. The maximum atomic E-state index is 11.5. The van der Waals surface area contributed by atoms with Gasteiger partial charge in [0.05, 0.1) is 6.42 Å². The second kappa shape index (κ2) is 9.25. The SMILES string of the molecule is O=CCc1cc(-c2cccs2)sc1-c1ccc(-c2sc(-c3cccs3)cc2CC(=O)O)s1. The van der Waals surface area contributed by atoms with E-state index in [4.69, 9.17) is 0 Å². The van der Waals surface area contributed by atoms with Crippen molar-refractivity contribution in [2.75, 3.05) is 0 Å². The van der Waals surface area contributed by atoms with Gasteiger partial charge in [-0.25, -0.2) is 0 Å². The zero-order valence-electron chi connectivity index (χ0n) is 16.6. The minimum Gasteiger partial charge on any atom is -0.481 e. The summed E-state index contributed by atoms with van der Waals surface area (Å²) in [6, 6.07) is 16.5. The van der Waals surface area contributed by atoms with Gasteiger partial charge in [0.25, 0.3) is 0 Å². The molecule has 0 radical (unpaired) electrons. The van der Waals surface area contributed by atoms with Gasteiger partial charge in [-0.15, -0.1) is 56.7 Å². The Morgan fingerprint density at radius 2 is 1.31 bits per heavy atom. The van der Waals surface area contributed by atoms with Gasteiger partial charge < -0.3 is 9.90 Å². The van der Waals surface area contributed by atoms with Crippen molar-refractivity contribution in [2.45, 2.75) is 12.8 Å². The summed E-state index contributed by atoms with van der Waals surface area (Å²) >= 11 is 8.37. The number of rotatable bonds is 8. The van der Waals surface area contributed by atoms with Crippen LogP contribution in [0.25, 0.3) is 39.0 Å². The molecule has 3 nitrogen and oxygen atoms in total. The fourth-order valence-electron chi connectivity index (χ4n) is 3.47. The molecule has 0 atom stereocenters. The second-order valence-electron chi connectivity index (χ2n) is 6.99. The largest absolute Gasteiger partial charge is 0.481 e. The summed E-state index contributed by atoms with van der Waals surface area (Å²) in [4.78, 5) is 31.7. The van der Waals surface area contributed by atoms with Crippen molar-refractivity contribution in [3.8, 4) is 39.0 Å². The Hall–Kier alpha value is -2.36. The summed E-state index contributed by atoms with van der Waals surface area (Å²) in [6.07, 6.45) is 1.34. The van der Waals surface area contributed by atoms with Crippen LogP contribution in [0.4, 0.5) is 0 Å². The lowest BCUT2D eigenvalue weighted by molar-refractivity contribution is -0.136. The molecule has 0 bridgehead atoms. The van der Waals surface area contributed by atoms with E-state index < -0.39 is 5.97 Å². The van der Waals surface area contributed by atoms with E-state index in [1.54, 1.807) is 56.7 Å². The number of carboxylic acid groups (broad SMARTS) is 1. The van der Waals surface area contributed by atoms with Crippen molar-refractivity contribution < 1.29 is 14.7 Å². The maximum absolute atomic E-state index is 11.5. The third-order valence-corrected chi connectivity index (χ3v) is 10.8. The van der Waals surface area contributed by atoms with E-state index in [0.29, 0.717) is 6.42 Å². The van der Waals surface area contributed by atoms with Gasteiger partial charge in [0.15, 0.2) is 0 Å². The average molecular weight is 513 g/mol. The van der Waals surface area contributed by atoms with Crippen LogP contribution >= 0.6 is 56.7 Å². The van der Waals surface area contributed by atoms with Crippen molar-refractivity contribution in [3.05, 3.63) is 70.4 Å². The van der Waals surface area contributed by atoms with Gasteiger partial charge in [-0.3, -0.25) is 4.79 Å². The van der Waals surface area contributed by atoms with Gasteiger partial charge in [0.1, 0.15) is 6.29 Å². The first-order valence-corrected chi connectivity index (χ1v) is 13.9. The quantitative estimate of drug-likeness (QED) is 0.214. The van der Waals surface area contributed by atoms with E-state index >= 15 is 0 Å². The Morgan fingerprint density at radius 1 is 0.750 bits per heavy atom. The minimum atomic E-state index is -0.828. The van der Waals surface area contributed by atoms with E-state index in [1.807, 2.05) is 23.6 Å². The summed E-state index contributed by atoms with van der Waals surface area (Å²) < 4.78 is 0. The zero-order chi connectivity index (χ0) is 22.1. The van der Waals surface area contributed by atoms with Crippen LogP contribution in [0.15, 0.2) is 59.3 Å². The maximum Gasteiger partial charge on any atom is 0.307 e. The monoisotopic (exact) mass is 512 g/mol. The summed E-state index contributed by atoms with van der Waals surface area (Å²) in [5.41, 5.74) is 1.89. The molecule has 5 heterocycles. The normalized spacial score (nSPS) is 11.1. The van der Waals surface area contributed by atoms with Crippen molar-refractivity contribution in [1.82, 2.24) is 0 Å². The molecule has 0 saturated heterocycles. The van der Waals surface area contributed by atoms with Gasteiger partial charge in [-0.2, -0.15) is 0 Å². The Kier molecular flexibility index (Phi) is 6.21. The van der Waals surface area contributed by atoms with Crippen molar-refractivity contribution in [2.24, 2.45) is 0 Å². The lowest BCUT2D eigenvalue weighted by atomic mass is 10.1. The molecule has 1 N–H and O–H groups in total. The lowest BCUT2D eigenvalue weighted by Crippen LogP contribution is -1.99. The molecule has 32 heavy (non-hydrogen) atoms. The van der Waals surface area contributed by atoms with Gasteiger partial charge in [-0.05, 0) is 58.3 Å². The molecule has 5 rings (SSSR count). The highest BCUT2D eigenvalue weighted by Crippen LogP contribution is 2.47. The topological polar surface area (TPSA) is 54.4 Å². The van der Waals surface area contributed by atoms with Crippen molar-refractivity contribution in [3.63, 3.8) is 0 Å². The molecule has 0 aliphatic rings. The van der Waals surface area contributed by atoms with E-state index in [0.717, 1.165) is 46.7 Å². The molecular formula is C24H16O3S5. The number of hydrogen-bond acceptors (Lipinski definition) is 7. The lowest BCUT2D eigenvalue weighted by Gasteiger charge is -1.99. The molecule has 0 amide bonds. The van der Waals surface area contributed by atoms with Crippen molar-refractivity contribution in [1.29, 1.82) is 0 Å². The Balaban J connectivity index is 1.55. The molecule has 0 aromatic carbocycles. The van der Waals surface area contributed by atoms with Crippen molar-refractivity contribution >= 4 is 68.9 Å². The predicted molar refractivity (Wildman–Crippen MR) is 139 cm³/mol. The number of carboxylic acids is 1. The number of carbonyl (C=O) groups is 2. The fourth-order valence-corrected chi connectivity index (χ4v) is 8.79. The molecule has 0 spiro atoms. The van der Waals surface area contributed by atoms with Gasteiger partial charge in [0, 0.05) is 45.4 Å². The van der Waals surface area contributed by atoms with E-state index in [9.17, 15) is 14.7 Å². The number of hydrogen-bond donors (Lipinski definition) is 1. The molecule has 0 unspecified atom stereocenters. The smallest absolute Gasteiger partial charge is 0.307 e. The molecule has 160 valence electrons. The number of thiophene rings is 5. The molecule has 0 aliphatic heterocycles. The molecule has 5 aromatic heterocycles. The van der Waals surface area contributed by atoms with Gasteiger partial charge >= 0.3 is 5.97 Å². The first kappa shape index (κ1) is 21.5. The van der Waals surface area contributed by atoms with Gasteiger partial charge in [0.2, 0.25) is 0 Å². The number of aldehydes is 1. The summed E-state index contributed by atoms with van der Waals surface area (Å²) in [7, 11) is 0. The standard InChI is InChI=1S/C24H16O3S5/c25-8-7-14-11-20(16-3-1-9-28-16)31-23(14)18-5-6-19(30-18)24-15(13-22(26)27)12-21(32-24)17-4-2-10-29-17/h1-6,8-12H,7,13H2,(H,26,27). The van der Waals surface area contributed by atoms with Crippen LogP contribution in [-0.2, 0) is 22.4 Å². The molecule has 8 heteroatoms. The highest BCUT2D eigenvalue weighted by atomic mass is 32.1. The minimum absolute atomic E-state index is 0.00234. The predicted octanol–water partition coefficient (Wildman–Crippen LogP) is 8.03. The van der Waals surface area contributed by atoms with Crippen LogP contribution in [-0.4, -0.2) is 17.4 Å². The Bertz CT molecular complexity index is 1370. The van der Waals surface area contributed by atoms with Crippen LogP contribution in [0, 0.1) is 0 Å². The van der Waals surface area contributed by atoms with E-state index in [2.05, 4.69) is 35.7 Å². The van der Waals surface area contributed by atoms with E-state index in [1.165, 1.54) is 9.75 Å². The highest BCUT2D eigenvalue weighted by molar-refractivity contribution is 7.29. The third kappa shape index (κ3) is 4.29. The third-order valence-electron chi connectivity index (χ3n) is 4.84. The van der Waals surface area contributed by atoms with Crippen LogP contribution < -0.4 is 0 Å². The molecule has 5 aromatic rings. The molecule has 0 saturated carbocycles. The van der Waals surface area contributed by atoms with Crippen LogP contribution in [0.2, 0.25) is 0 Å². The molecule has 0 fully saturated rings. The number of carbonyl (C=O) groups excluding carboxylic acids is 1. The Labute approximate surface area is 204 Å². The summed E-state index contributed by atoms with van der Waals surface area (Å²) in [5.74, 6) is -0.828. The van der Waals surface area contributed by atoms with Crippen LogP contribution in [0.5, 0.6) is 0 Å². The van der Waals surface area contributed by atoms with E-state index in [-0.39, 0.29) is 6.42 Å². The fraction of sp³-hybridized carbons (Fsp3) is 0.0833. The molecular weight excluding hydrogens is 497 g/mol. The first-order valence-electron chi connectivity index (χ1n) is 9.71. The average Bonchev–Trinajstić information content (AvgIpc) is 3.58.